The predicted molar refractivity (Wildman–Crippen MR) is 80.4 cm³/mol. The van der Waals surface area contributed by atoms with E-state index in [1.165, 1.54) is 12.8 Å². The van der Waals surface area contributed by atoms with Crippen LogP contribution in [0.2, 0.25) is 0 Å². The molecule has 0 radical (unpaired) electrons. The van der Waals surface area contributed by atoms with Gasteiger partial charge in [-0.1, -0.05) is 20.3 Å². The average molecular weight is 282 g/mol. The van der Waals surface area contributed by atoms with E-state index in [9.17, 15) is 9.90 Å². The third-order valence-electron chi connectivity index (χ3n) is 4.87. The molecular formula is C16H30N2O2. The Hall–Kier alpha value is -0.610. The summed E-state index contributed by atoms with van der Waals surface area (Å²) in [5, 5.41) is 9.47. The number of aliphatic hydroxyl groups is 1. The van der Waals surface area contributed by atoms with Crippen LogP contribution in [0.25, 0.3) is 0 Å². The van der Waals surface area contributed by atoms with Gasteiger partial charge >= 0.3 is 0 Å². The number of carbonyl (C=O) groups is 1. The van der Waals surface area contributed by atoms with E-state index in [1.54, 1.807) is 0 Å². The molecule has 2 aliphatic rings. The number of rotatable bonds is 4. The van der Waals surface area contributed by atoms with Crippen LogP contribution in [-0.2, 0) is 4.79 Å². The summed E-state index contributed by atoms with van der Waals surface area (Å²) in [5.41, 5.74) is 0. The van der Waals surface area contributed by atoms with Gasteiger partial charge in [0.2, 0.25) is 5.91 Å². The fourth-order valence-electron chi connectivity index (χ4n) is 3.54. The van der Waals surface area contributed by atoms with Gasteiger partial charge in [0.1, 0.15) is 0 Å². The minimum absolute atomic E-state index is 0.118. The number of likely N-dealkylation sites (tertiary alicyclic amines) is 2. The molecule has 0 unspecified atom stereocenters. The molecule has 20 heavy (non-hydrogen) atoms. The summed E-state index contributed by atoms with van der Waals surface area (Å²) in [6.45, 7) is 8.33. The highest BCUT2D eigenvalue weighted by atomic mass is 16.3. The van der Waals surface area contributed by atoms with Crippen molar-refractivity contribution in [3.05, 3.63) is 0 Å². The molecule has 0 bridgehead atoms. The Kier molecular flexibility index (Phi) is 5.85. The fourth-order valence-corrected chi connectivity index (χ4v) is 3.54. The van der Waals surface area contributed by atoms with Crippen LogP contribution >= 0.6 is 0 Å². The smallest absolute Gasteiger partial charge is 0.225 e. The third kappa shape index (κ3) is 3.95. The van der Waals surface area contributed by atoms with Gasteiger partial charge in [0.05, 0.1) is 6.61 Å². The molecule has 0 aromatic carbocycles. The molecule has 1 amide bonds. The predicted octanol–water partition coefficient (Wildman–Crippen LogP) is 1.73. The van der Waals surface area contributed by atoms with Crippen LogP contribution < -0.4 is 0 Å². The van der Waals surface area contributed by atoms with Crippen molar-refractivity contribution in [1.29, 1.82) is 0 Å². The molecule has 4 heteroatoms. The SMILES string of the molecule is CC(C)C(=O)N1CCC(CN2CCCC[C@H]2CO)CC1. The molecule has 4 nitrogen and oxygen atoms in total. The molecule has 1 N–H and O–H groups in total. The van der Waals surface area contributed by atoms with Crippen LogP contribution in [0.5, 0.6) is 0 Å². The van der Waals surface area contributed by atoms with E-state index in [2.05, 4.69) is 4.90 Å². The van der Waals surface area contributed by atoms with Crippen molar-refractivity contribution in [1.82, 2.24) is 9.80 Å². The quantitative estimate of drug-likeness (QED) is 0.854. The van der Waals surface area contributed by atoms with Crippen LogP contribution in [0.15, 0.2) is 0 Å². The maximum Gasteiger partial charge on any atom is 0.225 e. The lowest BCUT2D eigenvalue weighted by molar-refractivity contribution is -0.136. The van der Waals surface area contributed by atoms with Crippen LogP contribution in [0.3, 0.4) is 0 Å². The summed E-state index contributed by atoms with van der Waals surface area (Å²) in [5.74, 6) is 1.11. The van der Waals surface area contributed by atoms with Gasteiger partial charge in [-0.2, -0.15) is 0 Å². The Bertz CT molecular complexity index is 312. The van der Waals surface area contributed by atoms with E-state index >= 15 is 0 Å². The number of amides is 1. The largest absolute Gasteiger partial charge is 0.395 e. The molecule has 2 rings (SSSR count). The highest BCUT2D eigenvalue weighted by Crippen LogP contribution is 2.24. The minimum atomic E-state index is 0.118. The van der Waals surface area contributed by atoms with E-state index in [4.69, 9.17) is 0 Å². The number of piperidine rings is 2. The van der Waals surface area contributed by atoms with E-state index in [0.717, 1.165) is 45.4 Å². The summed E-state index contributed by atoms with van der Waals surface area (Å²) in [6.07, 6.45) is 5.89. The molecule has 0 spiro atoms. The average Bonchev–Trinajstić information content (AvgIpc) is 2.48. The monoisotopic (exact) mass is 282 g/mol. The zero-order chi connectivity index (χ0) is 14.5. The minimum Gasteiger partial charge on any atom is -0.395 e. The van der Waals surface area contributed by atoms with Crippen molar-refractivity contribution in [2.24, 2.45) is 11.8 Å². The van der Waals surface area contributed by atoms with Crippen LogP contribution in [0.4, 0.5) is 0 Å². The van der Waals surface area contributed by atoms with Gasteiger partial charge in [0, 0.05) is 31.6 Å². The third-order valence-corrected chi connectivity index (χ3v) is 4.87. The lowest BCUT2D eigenvalue weighted by atomic mass is 9.93. The molecule has 0 aliphatic carbocycles. The summed E-state index contributed by atoms with van der Waals surface area (Å²) < 4.78 is 0. The van der Waals surface area contributed by atoms with E-state index in [-0.39, 0.29) is 5.92 Å². The normalized spacial score (nSPS) is 26.2. The first-order chi connectivity index (χ1) is 9.61. The van der Waals surface area contributed by atoms with Crippen LogP contribution in [0, 0.1) is 11.8 Å². The van der Waals surface area contributed by atoms with Crippen molar-refractivity contribution >= 4 is 5.91 Å². The van der Waals surface area contributed by atoms with Crippen molar-refractivity contribution < 1.29 is 9.90 Å². The van der Waals surface area contributed by atoms with Gasteiger partial charge in [-0.25, -0.2) is 0 Å². The molecule has 2 heterocycles. The maximum absolute atomic E-state index is 12.0. The zero-order valence-corrected chi connectivity index (χ0v) is 13.1. The van der Waals surface area contributed by atoms with Gasteiger partial charge in [0.25, 0.3) is 0 Å². The Morgan fingerprint density at radius 2 is 1.85 bits per heavy atom. The molecule has 0 aromatic rings. The van der Waals surface area contributed by atoms with Gasteiger partial charge in [-0.15, -0.1) is 0 Å². The Balaban J connectivity index is 1.77. The molecule has 116 valence electrons. The van der Waals surface area contributed by atoms with Crippen molar-refractivity contribution in [3.8, 4) is 0 Å². The first kappa shape index (κ1) is 15.8. The molecular weight excluding hydrogens is 252 g/mol. The lowest BCUT2D eigenvalue weighted by Gasteiger charge is -2.40. The standard InChI is InChI=1S/C16H30N2O2/c1-13(2)16(20)17-9-6-14(7-10-17)11-18-8-4-3-5-15(18)12-19/h13-15,19H,3-12H2,1-2H3/t15-/m0/s1. The van der Waals surface area contributed by atoms with Crippen LogP contribution in [-0.4, -0.2) is 59.6 Å². The summed E-state index contributed by atoms with van der Waals surface area (Å²) >= 11 is 0. The van der Waals surface area contributed by atoms with Gasteiger partial charge in [-0.05, 0) is 38.1 Å². The van der Waals surface area contributed by atoms with Gasteiger partial charge in [-0.3, -0.25) is 9.69 Å². The molecule has 2 saturated heterocycles. The van der Waals surface area contributed by atoms with E-state index in [0.29, 0.717) is 24.5 Å². The highest BCUT2D eigenvalue weighted by Gasteiger charge is 2.28. The number of carbonyl (C=O) groups excluding carboxylic acids is 1. The second-order valence-electron chi connectivity index (χ2n) is 6.75. The Labute approximate surface area is 123 Å². The zero-order valence-electron chi connectivity index (χ0n) is 13.1. The molecule has 1 atom stereocenters. The number of hydrogen-bond acceptors (Lipinski definition) is 3. The van der Waals surface area contributed by atoms with Crippen molar-refractivity contribution in [2.75, 3.05) is 32.8 Å². The first-order valence-corrected chi connectivity index (χ1v) is 8.25. The summed E-state index contributed by atoms with van der Waals surface area (Å²) in [6, 6.07) is 0.374. The first-order valence-electron chi connectivity index (χ1n) is 8.25. The second kappa shape index (κ2) is 7.41. The van der Waals surface area contributed by atoms with Crippen molar-refractivity contribution in [2.45, 2.75) is 52.0 Å². The summed E-state index contributed by atoms with van der Waals surface area (Å²) in [7, 11) is 0. The van der Waals surface area contributed by atoms with E-state index in [1.807, 2.05) is 18.7 Å². The Morgan fingerprint density at radius 1 is 1.15 bits per heavy atom. The van der Waals surface area contributed by atoms with Crippen molar-refractivity contribution in [3.63, 3.8) is 0 Å². The molecule has 0 aromatic heterocycles. The maximum atomic E-state index is 12.0. The Morgan fingerprint density at radius 3 is 2.45 bits per heavy atom. The molecule has 2 fully saturated rings. The fraction of sp³-hybridized carbons (Fsp3) is 0.938. The number of nitrogens with zero attached hydrogens (tertiary/aromatic N) is 2. The highest BCUT2D eigenvalue weighted by molar-refractivity contribution is 5.78. The molecule has 0 saturated carbocycles. The number of aliphatic hydroxyl groups excluding tert-OH is 1. The molecule has 2 aliphatic heterocycles. The topological polar surface area (TPSA) is 43.8 Å². The summed E-state index contributed by atoms with van der Waals surface area (Å²) in [4.78, 5) is 16.5. The van der Waals surface area contributed by atoms with E-state index < -0.39 is 0 Å². The lowest BCUT2D eigenvalue weighted by Crippen LogP contribution is -2.47. The second-order valence-corrected chi connectivity index (χ2v) is 6.75. The van der Waals surface area contributed by atoms with Gasteiger partial charge in [0.15, 0.2) is 0 Å². The van der Waals surface area contributed by atoms with Gasteiger partial charge < -0.3 is 10.0 Å². The number of hydrogen-bond donors (Lipinski definition) is 1. The van der Waals surface area contributed by atoms with Crippen LogP contribution in [0.1, 0.15) is 46.0 Å².